The van der Waals surface area contributed by atoms with Gasteiger partial charge in [-0.1, -0.05) is 0 Å². The zero-order valence-corrected chi connectivity index (χ0v) is 32.8. The summed E-state index contributed by atoms with van der Waals surface area (Å²) in [5, 5.41) is 8.28. The number of carbonyl (C=O) groups excluding carboxylic acids is 2. The van der Waals surface area contributed by atoms with E-state index in [1.807, 2.05) is 26.2 Å². The summed E-state index contributed by atoms with van der Waals surface area (Å²) in [5.41, 5.74) is 1.64. The fourth-order valence-electron chi connectivity index (χ4n) is 9.40. The van der Waals surface area contributed by atoms with Crippen molar-refractivity contribution in [3.05, 3.63) is 66.1 Å². The lowest BCUT2D eigenvalue weighted by Gasteiger charge is -2.55. The first-order valence-corrected chi connectivity index (χ1v) is 20.0. The largest absolute Gasteiger partial charge is 0.378 e. The lowest BCUT2D eigenvalue weighted by molar-refractivity contribution is -0.140. The van der Waals surface area contributed by atoms with Gasteiger partial charge in [-0.15, -0.1) is 0 Å². The van der Waals surface area contributed by atoms with Crippen LogP contribution in [0.1, 0.15) is 31.5 Å². The van der Waals surface area contributed by atoms with Crippen molar-refractivity contribution in [2.75, 3.05) is 48.9 Å². The van der Waals surface area contributed by atoms with E-state index >= 15 is 8.78 Å². The Morgan fingerprint density at radius 1 is 0.833 bits per heavy atom. The number of amides is 2. The molecule has 4 saturated heterocycles. The number of nitrogens with one attached hydrogen (secondary N) is 1. The zero-order valence-electron chi connectivity index (χ0n) is 32.8. The maximum atomic E-state index is 15.7. The number of likely N-dealkylation sites (N-methyl/N-ethyl adjacent to an activating group) is 1. The van der Waals surface area contributed by atoms with E-state index in [-0.39, 0.29) is 84.6 Å². The molecular weight excluding hydrogens is 782 g/mol. The van der Waals surface area contributed by atoms with Crippen LogP contribution in [0.5, 0.6) is 0 Å². The van der Waals surface area contributed by atoms with E-state index < -0.39 is 41.7 Å². The van der Waals surface area contributed by atoms with Crippen LogP contribution in [-0.4, -0.2) is 136 Å². The first kappa shape index (κ1) is 36.6. The average Bonchev–Trinajstić information content (AvgIpc) is 3.72. The van der Waals surface area contributed by atoms with Gasteiger partial charge in [-0.2, -0.15) is 15.1 Å². The van der Waals surface area contributed by atoms with E-state index in [4.69, 9.17) is 19.7 Å². The molecule has 5 aliphatic heterocycles. The number of piperazine rings is 1. The molecule has 1 aliphatic carbocycles. The van der Waals surface area contributed by atoms with Crippen LogP contribution in [0.15, 0.2) is 42.9 Å². The van der Waals surface area contributed by atoms with Crippen LogP contribution in [0.4, 0.5) is 30.9 Å². The molecule has 5 aromatic heterocycles. The van der Waals surface area contributed by atoms with Gasteiger partial charge in [0.05, 0.1) is 47.5 Å². The predicted molar refractivity (Wildman–Crippen MR) is 211 cm³/mol. The molecule has 2 amide bonds. The number of hydrogen-bond donors (Lipinski definition) is 1. The van der Waals surface area contributed by atoms with Crippen molar-refractivity contribution in [1.82, 2.24) is 54.1 Å². The highest BCUT2D eigenvalue weighted by molar-refractivity contribution is 5.95. The smallest absolute Gasteiger partial charge is 0.245 e. The summed E-state index contributed by atoms with van der Waals surface area (Å²) in [6.07, 6.45) is 6.53. The Morgan fingerprint density at radius 2 is 1.68 bits per heavy atom. The van der Waals surface area contributed by atoms with Gasteiger partial charge in [-0.3, -0.25) is 14.6 Å². The number of ether oxygens (including phenoxy) is 1. The van der Waals surface area contributed by atoms with Gasteiger partial charge in [0.15, 0.2) is 17.3 Å². The van der Waals surface area contributed by atoms with Crippen molar-refractivity contribution < 1.29 is 27.5 Å². The van der Waals surface area contributed by atoms with Gasteiger partial charge in [-0.25, -0.2) is 32.8 Å². The maximum absolute atomic E-state index is 15.7. The second kappa shape index (κ2) is 13.5. The number of halogens is 3. The van der Waals surface area contributed by atoms with Gasteiger partial charge in [0.25, 0.3) is 0 Å². The van der Waals surface area contributed by atoms with Gasteiger partial charge in [0.2, 0.25) is 23.7 Å². The van der Waals surface area contributed by atoms with Gasteiger partial charge in [0.1, 0.15) is 46.6 Å². The third-order valence-electron chi connectivity index (χ3n) is 12.5. The predicted octanol–water partition coefficient (Wildman–Crippen LogP) is 3.24. The van der Waals surface area contributed by atoms with Crippen LogP contribution in [0.3, 0.4) is 0 Å². The number of methoxy groups -OCH3 is 1. The summed E-state index contributed by atoms with van der Waals surface area (Å²) < 4.78 is 54.4. The Labute approximate surface area is 340 Å². The van der Waals surface area contributed by atoms with Crippen LogP contribution in [-0.2, 0) is 20.9 Å². The summed E-state index contributed by atoms with van der Waals surface area (Å²) in [4.78, 5) is 64.1. The maximum Gasteiger partial charge on any atom is 0.245 e. The Balaban J connectivity index is 1.04. The molecular formula is C40H39F3N14O3. The number of nitrogens with zero attached hydrogens (tertiary/aromatic N) is 13. The third-order valence-corrected chi connectivity index (χ3v) is 12.5. The molecule has 17 nitrogen and oxygen atoms in total. The van der Waals surface area contributed by atoms with E-state index in [9.17, 15) is 14.0 Å². The van der Waals surface area contributed by atoms with E-state index in [1.165, 1.54) is 16.9 Å². The molecule has 1 aromatic carbocycles. The molecule has 6 bridgehead atoms. The number of piperidine rings is 1. The van der Waals surface area contributed by atoms with Crippen molar-refractivity contribution >= 4 is 51.6 Å². The standard InChI is InChI=1S/C40H39F3N14O3/c1-19-47-28-8-9-44-33-32-27(43)14-45-39(49-32)48-21-11-30(37(58)52(2)17-24(60-3)18-53(19)34(28)33)55(15-21)35-25-13-46-57(29-7-4-20(41)10-26(29)42)36(25)51-40(50-35)56-23-12-31(56)38(59)54(16-23)22-5-6-22/h4,7-10,13-14,21-24,30-31H,5-6,11-12,15-18H2,1-3H3,(H,45,48,49)/t21?,23-,24-,30-,31+/m0/s1. The molecule has 20 heteroatoms. The minimum Gasteiger partial charge on any atom is -0.378 e. The van der Waals surface area contributed by atoms with Gasteiger partial charge >= 0.3 is 0 Å². The number of pyridine rings is 1. The first-order valence-electron chi connectivity index (χ1n) is 20.0. The van der Waals surface area contributed by atoms with Crippen LogP contribution >= 0.6 is 0 Å². The van der Waals surface area contributed by atoms with Gasteiger partial charge in [-0.05, 0) is 50.8 Å². The molecule has 1 unspecified atom stereocenters. The summed E-state index contributed by atoms with van der Waals surface area (Å²) in [7, 11) is 3.29. The topological polar surface area (TPSA) is 168 Å². The Hall–Kier alpha value is -6.44. The monoisotopic (exact) mass is 820 g/mol. The van der Waals surface area contributed by atoms with Gasteiger partial charge < -0.3 is 34.2 Å². The number of aromatic nitrogens is 9. The highest BCUT2D eigenvalue weighted by Crippen LogP contribution is 2.43. The molecule has 5 fully saturated rings. The van der Waals surface area contributed by atoms with Crippen LogP contribution in [0.2, 0.25) is 0 Å². The lowest BCUT2D eigenvalue weighted by Crippen LogP contribution is -2.72. The quantitative estimate of drug-likeness (QED) is 0.270. The van der Waals surface area contributed by atoms with Crippen molar-refractivity contribution in [3.63, 3.8) is 0 Å². The lowest BCUT2D eigenvalue weighted by atomic mass is 9.87. The summed E-state index contributed by atoms with van der Waals surface area (Å²) in [6, 6.07) is 3.44. The minimum atomic E-state index is -0.845. The Morgan fingerprint density at radius 3 is 2.47 bits per heavy atom. The number of carbonyl (C=O) groups is 2. The van der Waals surface area contributed by atoms with Crippen LogP contribution in [0.25, 0.3) is 39.1 Å². The number of rotatable bonds is 5. The molecule has 1 saturated carbocycles. The fourth-order valence-corrected chi connectivity index (χ4v) is 9.40. The highest BCUT2D eigenvalue weighted by atomic mass is 19.1. The van der Waals surface area contributed by atoms with Gasteiger partial charge in [0, 0.05) is 58.1 Å². The van der Waals surface area contributed by atoms with Crippen LogP contribution < -0.4 is 15.1 Å². The molecule has 10 heterocycles. The molecule has 308 valence electrons. The summed E-state index contributed by atoms with van der Waals surface area (Å²) in [5.74, 6) is -1.11. The molecule has 6 aromatic rings. The molecule has 60 heavy (non-hydrogen) atoms. The van der Waals surface area contributed by atoms with Crippen molar-refractivity contribution in [1.29, 1.82) is 0 Å². The third kappa shape index (κ3) is 5.74. The summed E-state index contributed by atoms with van der Waals surface area (Å²) in [6.45, 7) is 3.05. The number of anilines is 3. The minimum absolute atomic E-state index is 0.0137. The Bertz CT molecular complexity index is 2760. The van der Waals surface area contributed by atoms with Crippen LogP contribution in [0, 0.1) is 24.4 Å². The normalized spacial score (nSPS) is 24.2. The molecule has 1 N–H and O–H groups in total. The van der Waals surface area contributed by atoms with Crippen molar-refractivity contribution in [2.24, 2.45) is 0 Å². The SMILES string of the molecule is CO[C@H]1CN(C)C(=O)[C@@H]2CC(CN2c2nc(N3[C@H]4C[C@@H]3C(=O)N(C3CC3)C4)nc3c2cnn3-c2ccc(F)cc2F)Nc2ncc(F)c(n2)-c2nccc3nc(C)n(c23)C1. The van der Waals surface area contributed by atoms with Crippen molar-refractivity contribution in [3.8, 4) is 17.1 Å². The van der Waals surface area contributed by atoms with Crippen molar-refractivity contribution in [2.45, 2.75) is 75.5 Å². The number of aryl methyl sites for hydroxylation is 1. The average molecular weight is 821 g/mol. The first-order chi connectivity index (χ1) is 29.0. The zero-order chi connectivity index (χ0) is 41.1. The van der Waals surface area contributed by atoms with E-state index in [0.29, 0.717) is 41.0 Å². The number of imidazole rings is 1. The molecule has 6 aliphatic rings. The summed E-state index contributed by atoms with van der Waals surface area (Å²) >= 11 is 0. The second-order valence-corrected chi connectivity index (χ2v) is 16.3. The molecule has 5 atom stereocenters. The number of benzene rings is 1. The molecule has 0 spiro atoms. The molecule has 0 radical (unpaired) electrons. The number of fused-ring (bicyclic) bond motifs is 8. The van der Waals surface area contributed by atoms with E-state index in [0.717, 1.165) is 31.2 Å². The number of hydrogen-bond acceptors (Lipinski definition) is 13. The highest BCUT2D eigenvalue weighted by Gasteiger charge is 2.54. The second-order valence-electron chi connectivity index (χ2n) is 16.3. The van der Waals surface area contributed by atoms with E-state index in [2.05, 4.69) is 25.4 Å². The Kier molecular flexibility index (Phi) is 8.27. The molecule has 12 rings (SSSR count). The van der Waals surface area contributed by atoms with E-state index in [1.54, 1.807) is 31.3 Å². The fraction of sp³-hybridized carbons (Fsp3) is 0.425.